The maximum Gasteiger partial charge on any atom is 0.0654 e. The van der Waals surface area contributed by atoms with Crippen LogP contribution in [0.1, 0.15) is 17.5 Å². The van der Waals surface area contributed by atoms with Gasteiger partial charge in [-0.3, -0.25) is 0 Å². The van der Waals surface area contributed by atoms with Crippen LogP contribution in [0.2, 0.25) is 10.0 Å². The van der Waals surface area contributed by atoms with Crippen LogP contribution in [0, 0.1) is 5.92 Å². The van der Waals surface area contributed by atoms with Crippen molar-refractivity contribution in [3.05, 3.63) is 63.6 Å². The van der Waals surface area contributed by atoms with Gasteiger partial charge in [0.25, 0.3) is 0 Å². The third-order valence-corrected chi connectivity index (χ3v) is 5.39. The van der Waals surface area contributed by atoms with Gasteiger partial charge >= 0.3 is 0 Å². The van der Waals surface area contributed by atoms with E-state index in [-0.39, 0.29) is 6.04 Å². The second-order valence-corrected chi connectivity index (χ2v) is 7.22. The lowest BCUT2D eigenvalue weighted by molar-refractivity contribution is 0.442. The summed E-state index contributed by atoms with van der Waals surface area (Å²) in [5, 5.41) is 1.33. The number of rotatable bonds is 5. The Hall–Kier alpha value is -1.22. The van der Waals surface area contributed by atoms with Crippen LogP contribution in [-0.4, -0.2) is 19.6 Å². The molecule has 1 unspecified atom stereocenters. The normalized spacial score (nSPS) is 15.5. The molecular formula is C19H22Cl2N2. The average molecular weight is 349 g/mol. The first-order valence-electron chi connectivity index (χ1n) is 8.03. The van der Waals surface area contributed by atoms with Gasteiger partial charge in [-0.25, -0.2) is 0 Å². The van der Waals surface area contributed by atoms with E-state index in [9.17, 15) is 0 Å². The highest BCUT2D eigenvalue weighted by atomic mass is 35.5. The van der Waals surface area contributed by atoms with Crippen molar-refractivity contribution in [1.29, 1.82) is 0 Å². The van der Waals surface area contributed by atoms with Gasteiger partial charge < -0.3 is 10.6 Å². The Morgan fingerprint density at radius 3 is 2.35 bits per heavy atom. The summed E-state index contributed by atoms with van der Waals surface area (Å²) in [7, 11) is 2.06. The Morgan fingerprint density at radius 2 is 1.78 bits per heavy atom. The molecule has 4 heteroatoms. The smallest absolute Gasteiger partial charge is 0.0654 e. The molecule has 0 saturated heterocycles. The fraction of sp³-hybridized carbons (Fsp3) is 0.368. The zero-order valence-corrected chi connectivity index (χ0v) is 14.8. The summed E-state index contributed by atoms with van der Waals surface area (Å²) in [5.74, 6) is 0.648. The van der Waals surface area contributed by atoms with Crippen molar-refractivity contribution >= 4 is 28.9 Å². The predicted octanol–water partition coefficient (Wildman–Crippen LogP) is 4.56. The molecule has 2 N–H and O–H groups in total. The maximum atomic E-state index is 6.35. The molecule has 1 atom stereocenters. The van der Waals surface area contributed by atoms with Crippen molar-refractivity contribution in [1.82, 2.24) is 0 Å². The molecule has 0 bridgehead atoms. The summed E-state index contributed by atoms with van der Waals surface area (Å²) in [6.45, 7) is 0.613. The minimum Gasteiger partial charge on any atom is -0.369 e. The van der Waals surface area contributed by atoms with Gasteiger partial charge in [0.1, 0.15) is 0 Å². The number of likely N-dealkylation sites (N-methyl/N-ethyl adjacent to an activating group) is 1. The van der Waals surface area contributed by atoms with Crippen molar-refractivity contribution in [3.63, 3.8) is 0 Å². The second kappa shape index (κ2) is 7.12. The summed E-state index contributed by atoms with van der Waals surface area (Å²) in [4.78, 5) is 2.20. The molecule has 0 spiro atoms. The molecule has 23 heavy (non-hydrogen) atoms. The first-order chi connectivity index (χ1) is 11.1. The largest absolute Gasteiger partial charge is 0.369 e. The third kappa shape index (κ3) is 3.65. The molecule has 1 aliphatic carbocycles. The zero-order valence-electron chi connectivity index (χ0n) is 13.3. The van der Waals surface area contributed by atoms with E-state index < -0.39 is 0 Å². The minimum atomic E-state index is 0.271. The fourth-order valence-electron chi connectivity index (χ4n) is 3.58. The highest BCUT2D eigenvalue weighted by Crippen LogP contribution is 2.33. The maximum absolute atomic E-state index is 6.35. The molecule has 0 radical (unpaired) electrons. The summed E-state index contributed by atoms with van der Waals surface area (Å²) in [5.41, 5.74) is 10.0. The van der Waals surface area contributed by atoms with Crippen molar-refractivity contribution in [2.24, 2.45) is 11.7 Å². The van der Waals surface area contributed by atoms with Crippen molar-refractivity contribution < 1.29 is 0 Å². The number of nitrogens with two attached hydrogens (primary N) is 1. The monoisotopic (exact) mass is 348 g/mol. The van der Waals surface area contributed by atoms with Gasteiger partial charge in [-0.1, -0.05) is 47.5 Å². The lowest BCUT2D eigenvalue weighted by Crippen LogP contribution is -2.39. The lowest BCUT2D eigenvalue weighted by atomic mass is 9.96. The standard InChI is InChI=1S/C19H22Cl2N2/c1-23(19-7-6-16(20)11-18(19)21)17(12-22)10-13-8-14-4-2-3-5-15(14)9-13/h2-7,11,13,17H,8-10,12,22H2,1H3. The molecular weight excluding hydrogens is 327 g/mol. The van der Waals surface area contributed by atoms with Gasteiger partial charge in [-0.15, -0.1) is 0 Å². The van der Waals surface area contributed by atoms with Gasteiger partial charge in [-0.2, -0.15) is 0 Å². The Kier molecular flexibility index (Phi) is 5.15. The van der Waals surface area contributed by atoms with Crippen LogP contribution in [0.5, 0.6) is 0 Å². The Labute approximate surface area is 148 Å². The van der Waals surface area contributed by atoms with E-state index in [1.165, 1.54) is 11.1 Å². The summed E-state index contributed by atoms with van der Waals surface area (Å²) in [6, 6.07) is 14.6. The highest BCUT2D eigenvalue weighted by molar-refractivity contribution is 6.36. The summed E-state index contributed by atoms with van der Waals surface area (Å²) in [6.07, 6.45) is 3.37. The van der Waals surface area contributed by atoms with E-state index >= 15 is 0 Å². The second-order valence-electron chi connectivity index (χ2n) is 6.37. The van der Waals surface area contributed by atoms with Crippen molar-refractivity contribution in [2.45, 2.75) is 25.3 Å². The molecule has 0 heterocycles. The number of anilines is 1. The van der Waals surface area contributed by atoms with E-state index in [4.69, 9.17) is 28.9 Å². The summed E-state index contributed by atoms with van der Waals surface area (Å²) < 4.78 is 0. The molecule has 0 saturated carbocycles. The topological polar surface area (TPSA) is 29.3 Å². The number of fused-ring (bicyclic) bond motifs is 1. The van der Waals surface area contributed by atoms with Crippen LogP contribution in [-0.2, 0) is 12.8 Å². The van der Waals surface area contributed by atoms with Crippen LogP contribution in [0.4, 0.5) is 5.69 Å². The first-order valence-corrected chi connectivity index (χ1v) is 8.78. The third-order valence-electron chi connectivity index (χ3n) is 4.85. The van der Waals surface area contributed by atoms with Gasteiger partial charge in [0.05, 0.1) is 10.7 Å². The van der Waals surface area contributed by atoms with E-state index in [0.717, 1.165) is 24.9 Å². The van der Waals surface area contributed by atoms with Gasteiger partial charge in [0.15, 0.2) is 0 Å². The Morgan fingerprint density at radius 1 is 1.13 bits per heavy atom. The van der Waals surface area contributed by atoms with Crippen LogP contribution < -0.4 is 10.6 Å². The predicted molar refractivity (Wildman–Crippen MR) is 99.7 cm³/mol. The lowest BCUT2D eigenvalue weighted by Gasteiger charge is -2.31. The van der Waals surface area contributed by atoms with Crippen LogP contribution in [0.25, 0.3) is 0 Å². The Balaban J connectivity index is 1.71. The molecule has 0 aromatic heterocycles. The highest BCUT2D eigenvalue weighted by Gasteiger charge is 2.26. The average Bonchev–Trinajstić information content (AvgIpc) is 2.94. The van der Waals surface area contributed by atoms with Crippen LogP contribution in [0.15, 0.2) is 42.5 Å². The number of benzene rings is 2. The molecule has 0 aliphatic heterocycles. The van der Waals surface area contributed by atoms with Crippen molar-refractivity contribution in [2.75, 3.05) is 18.5 Å². The van der Waals surface area contributed by atoms with E-state index in [1.54, 1.807) is 6.07 Å². The molecule has 0 fully saturated rings. The minimum absolute atomic E-state index is 0.271. The quantitative estimate of drug-likeness (QED) is 0.857. The van der Waals surface area contributed by atoms with Gasteiger partial charge in [-0.05, 0) is 54.5 Å². The molecule has 2 aromatic rings. The van der Waals surface area contributed by atoms with Crippen LogP contribution in [0.3, 0.4) is 0 Å². The van der Waals surface area contributed by atoms with Crippen molar-refractivity contribution in [3.8, 4) is 0 Å². The summed E-state index contributed by atoms with van der Waals surface area (Å²) >= 11 is 12.3. The fourth-order valence-corrected chi connectivity index (χ4v) is 4.12. The number of halogens is 2. The molecule has 2 nitrogen and oxygen atoms in total. The van der Waals surface area contributed by atoms with E-state index in [2.05, 4.69) is 36.2 Å². The zero-order chi connectivity index (χ0) is 16.4. The molecule has 122 valence electrons. The molecule has 0 amide bonds. The van der Waals surface area contributed by atoms with Gasteiger partial charge in [0.2, 0.25) is 0 Å². The first kappa shape index (κ1) is 16.6. The number of nitrogens with zero attached hydrogens (tertiary/aromatic N) is 1. The van der Waals surface area contributed by atoms with Gasteiger partial charge in [0, 0.05) is 24.7 Å². The van der Waals surface area contributed by atoms with E-state index in [0.29, 0.717) is 22.5 Å². The molecule has 3 rings (SSSR count). The number of hydrogen-bond donors (Lipinski definition) is 1. The van der Waals surface area contributed by atoms with E-state index in [1.807, 2.05) is 12.1 Å². The number of hydrogen-bond acceptors (Lipinski definition) is 2. The molecule has 1 aliphatic rings. The SMILES string of the molecule is CN(c1ccc(Cl)cc1Cl)C(CN)CC1Cc2ccccc2C1. The molecule has 2 aromatic carbocycles. The Bertz CT molecular complexity index is 662. The van der Waals surface area contributed by atoms with Crippen LogP contribution >= 0.6 is 23.2 Å².